The van der Waals surface area contributed by atoms with E-state index in [2.05, 4.69) is 22.1 Å². The molecule has 210 valence electrons. The number of hydrogen-bond donors (Lipinski definition) is 3. The summed E-state index contributed by atoms with van der Waals surface area (Å²) in [5, 5.41) is 2.79. The van der Waals surface area contributed by atoms with Gasteiger partial charge in [0.05, 0.1) is 5.56 Å². The Hall–Kier alpha value is -3.96. The average Bonchev–Trinajstić information content (AvgIpc) is 3.87. The first-order valence-corrected chi connectivity index (χ1v) is 12.9. The zero-order valence-electron chi connectivity index (χ0n) is 21.8. The normalized spacial score (nSPS) is 20.5. The van der Waals surface area contributed by atoms with Crippen LogP contribution in [0, 0.1) is 0 Å². The van der Waals surface area contributed by atoms with Gasteiger partial charge in [0.2, 0.25) is 5.91 Å². The van der Waals surface area contributed by atoms with Crippen molar-refractivity contribution >= 4 is 18.0 Å². The summed E-state index contributed by atoms with van der Waals surface area (Å²) in [7, 11) is 1.50. The van der Waals surface area contributed by atoms with Gasteiger partial charge >= 0.3 is 6.18 Å². The largest absolute Gasteiger partial charge is 0.489 e. The summed E-state index contributed by atoms with van der Waals surface area (Å²) in [5.74, 6) is 3.71. The maximum Gasteiger partial charge on any atom is 0.416 e. The second-order valence-electron chi connectivity index (χ2n) is 10.1. The van der Waals surface area contributed by atoms with Crippen LogP contribution in [0.5, 0.6) is 17.2 Å². The summed E-state index contributed by atoms with van der Waals surface area (Å²) in [6.07, 6.45) is 1.57. The Morgan fingerprint density at radius 3 is 2.60 bits per heavy atom. The number of ether oxygens (including phenoxy) is 2. The number of halogens is 3. The van der Waals surface area contributed by atoms with Gasteiger partial charge in [-0.05, 0) is 80.8 Å². The van der Waals surface area contributed by atoms with Crippen LogP contribution < -0.4 is 26.3 Å². The molecule has 2 aromatic carbocycles. The molecule has 4 aliphatic rings. The molecule has 3 heterocycles. The number of amides is 1. The number of nitrogens with zero attached hydrogens (tertiary/aromatic N) is 1. The molecule has 2 fully saturated rings. The maximum atomic E-state index is 12.5. The Bertz CT molecular complexity index is 1430. The summed E-state index contributed by atoms with van der Waals surface area (Å²) in [4.78, 5) is 26.3. The summed E-state index contributed by atoms with van der Waals surface area (Å²) in [6.45, 7) is 0. The number of pyridine rings is 1. The summed E-state index contributed by atoms with van der Waals surface area (Å²) < 4.78 is 49.4. The monoisotopic (exact) mass is 554 g/mol. The number of nitrogens with one attached hydrogen (secondary N) is 1. The second kappa shape index (κ2) is 10.5. The van der Waals surface area contributed by atoms with Crippen LogP contribution in [0.2, 0.25) is 0 Å². The van der Waals surface area contributed by atoms with Crippen molar-refractivity contribution in [2.45, 2.75) is 55.8 Å². The minimum atomic E-state index is -4.45. The molecule has 8 nitrogen and oxygen atoms in total. The number of hydrogen-bond acceptors (Lipinski definition) is 7. The Morgan fingerprint density at radius 1 is 1.12 bits per heavy atom. The zero-order chi connectivity index (χ0) is 28.7. The molecular formula is C29H29F3N4O4. The molecule has 2 unspecified atom stereocenters. The minimum Gasteiger partial charge on any atom is -0.489 e. The number of carbonyl (C=O) groups is 2. The van der Waals surface area contributed by atoms with Crippen molar-refractivity contribution in [2.24, 2.45) is 11.5 Å². The summed E-state index contributed by atoms with van der Waals surface area (Å²) in [5.41, 5.74) is 11.5. The summed E-state index contributed by atoms with van der Waals surface area (Å²) >= 11 is 0. The van der Waals surface area contributed by atoms with Gasteiger partial charge in [-0.2, -0.15) is 13.2 Å². The molecular weight excluding hydrogens is 525 g/mol. The molecule has 2 aliphatic carbocycles. The quantitative estimate of drug-likeness (QED) is 0.385. The van der Waals surface area contributed by atoms with Crippen LogP contribution in [0.25, 0.3) is 0 Å². The van der Waals surface area contributed by atoms with E-state index < -0.39 is 17.3 Å². The number of fused-ring (bicyclic) bond motifs is 4. The van der Waals surface area contributed by atoms with E-state index in [4.69, 9.17) is 15.2 Å². The van der Waals surface area contributed by atoms with Crippen molar-refractivity contribution in [3.05, 3.63) is 76.5 Å². The fourth-order valence-electron chi connectivity index (χ4n) is 4.85. The molecule has 2 saturated carbocycles. The van der Waals surface area contributed by atoms with Crippen molar-refractivity contribution in [2.75, 3.05) is 12.4 Å². The van der Waals surface area contributed by atoms with Crippen LogP contribution in [0.3, 0.4) is 0 Å². The Kier molecular flexibility index (Phi) is 7.28. The molecule has 0 radical (unpaired) electrons. The predicted molar refractivity (Wildman–Crippen MR) is 142 cm³/mol. The third-order valence-electron chi connectivity index (χ3n) is 7.27. The molecule has 2 aliphatic heterocycles. The SMILES string of the molecule is CN.NC1(c2cc(C=O)cc(C(F)(F)F)c2)CC1.O=C1CCc2c(Oc3ccc4c(c3)C3CC3O4)ccnc2N1. The number of rotatable bonds is 4. The Balaban J connectivity index is 0.000000160. The second-order valence-corrected chi connectivity index (χ2v) is 10.1. The first kappa shape index (κ1) is 27.6. The number of nitrogens with two attached hydrogens (primary N) is 2. The van der Waals surface area contributed by atoms with Crippen molar-refractivity contribution in [3.8, 4) is 17.2 Å². The molecule has 40 heavy (non-hydrogen) atoms. The summed E-state index contributed by atoms with van der Waals surface area (Å²) in [6, 6.07) is 11.1. The predicted octanol–water partition coefficient (Wildman–Crippen LogP) is 5.05. The fraction of sp³-hybridized carbons (Fsp3) is 0.345. The fourth-order valence-corrected chi connectivity index (χ4v) is 4.85. The van der Waals surface area contributed by atoms with Crippen molar-refractivity contribution in [3.63, 3.8) is 0 Å². The van der Waals surface area contributed by atoms with Gasteiger partial charge < -0.3 is 26.3 Å². The molecule has 0 spiro atoms. The van der Waals surface area contributed by atoms with E-state index in [9.17, 15) is 22.8 Å². The third-order valence-corrected chi connectivity index (χ3v) is 7.27. The molecule has 11 heteroatoms. The van der Waals surface area contributed by atoms with Crippen molar-refractivity contribution in [1.82, 2.24) is 4.98 Å². The third kappa shape index (κ3) is 5.66. The van der Waals surface area contributed by atoms with E-state index in [1.807, 2.05) is 18.2 Å². The standard InChI is InChI=1S/C17H14N2O3.C11H10F3NO.CH5N/c20-16-4-2-10-14(5-6-18-17(10)19-16)21-9-1-3-13-11(7-9)12-8-15(12)22-13;12-11(13,14)9-4-7(6-16)3-8(5-9)10(15)1-2-10;1-2/h1,3,5-7,12,15H,2,4,8H2,(H,18,19,20);3-6H,1-2,15H2;2H2,1H3. The minimum absolute atomic E-state index is 0.00612. The lowest BCUT2D eigenvalue weighted by Gasteiger charge is -2.19. The van der Waals surface area contributed by atoms with Crippen LogP contribution in [0.1, 0.15) is 64.2 Å². The van der Waals surface area contributed by atoms with Gasteiger partial charge in [0.15, 0.2) is 0 Å². The van der Waals surface area contributed by atoms with Gasteiger partial charge in [0, 0.05) is 40.8 Å². The highest BCUT2D eigenvalue weighted by molar-refractivity contribution is 5.93. The molecule has 7 rings (SSSR count). The van der Waals surface area contributed by atoms with Crippen LogP contribution in [0.15, 0.2) is 48.7 Å². The molecule has 2 atom stereocenters. The zero-order valence-corrected chi connectivity index (χ0v) is 21.8. The lowest BCUT2D eigenvalue weighted by atomic mass is 9.99. The number of benzene rings is 2. The first-order chi connectivity index (χ1) is 19.1. The number of carbonyl (C=O) groups excluding carboxylic acids is 2. The number of alkyl halides is 3. The lowest BCUT2D eigenvalue weighted by Crippen LogP contribution is -2.20. The molecule has 1 aromatic heterocycles. The van der Waals surface area contributed by atoms with Gasteiger partial charge in [-0.25, -0.2) is 4.98 Å². The molecule has 0 bridgehead atoms. The smallest absolute Gasteiger partial charge is 0.416 e. The number of aromatic nitrogens is 1. The highest BCUT2D eigenvalue weighted by Gasteiger charge is 2.48. The lowest BCUT2D eigenvalue weighted by molar-refractivity contribution is -0.137. The molecule has 3 aromatic rings. The van der Waals surface area contributed by atoms with E-state index in [-0.39, 0.29) is 11.5 Å². The van der Waals surface area contributed by atoms with Gasteiger partial charge in [0.25, 0.3) is 0 Å². The van der Waals surface area contributed by atoms with Gasteiger partial charge in [-0.3, -0.25) is 9.59 Å². The van der Waals surface area contributed by atoms with E-state index >= 15 is 0 Å². The number of aldehydes is 1. The Labute approximate surface area is 228 Å². The van der Waals surface area contributed by atoms with Crippen LogP contribution in [0.4, 0.5) is 19.0 Å². The van der Waals surface area contributed by atoms with Gasteiger partial charge in [-0.15, -0.1) is 0 Å². The first-order valence-electron chi connectivity index (χ1n) is 12.9. The maximum absolute atomic E-state index is 12.5. The van der Waals surface area contributed by atoms with Gasteiger partial charge in [-0.1, -0.05) is 0 Å². The molecule has 0 saturated heterocycles. The molecule has 5 N–H and O–H groups in total. The number of anilines is 1. The van der Waals surface area contributed by atoms with Crippen LogP contribution >= 0.6 is 0 Å². The van der Waals surface area contributed by atoms with E-state index in [1.165, 1.54) is 18.7 Å². The van der Waals surface area contributed by atoms with Crippen LogP contribution in [-0.2, 0) is 22.9 Å². The average molecular weight is 555 g/mol. The van der Waals surface area contributed by atoms with Crippen LogP contribution in [-0.4, -0.2) is 30.3 Å². The highest BCUT2D eigenvalue weighted by Crippen LogP contribution is 2.54. The van der Waals surface area contributed by atoms with E-state index in [1.54, 1.807) is 6.20 Å². The van der Waals surface area contributed by atoms with E-state index in [0.29, 0.717) is 55.4 Å². The molecule has 1 amide bonds. The van der Waals surface area contributed by atoms with Crippen molar-refractivity contribution in [1.29, 1.82) is 0 Å². The topological polar surface area (TPSA) is 130 Å². The highest BCUT2D eigenvalue weighted by atomic mass is 19.4. The van der Waals surface area contributed by atoms with Gasteiger partial charge in [0.1, 0.15) is 35.5 Å². The van der Waals surface area contributed by atoms with Crippen molar-refractivity contribution < 1.29 is 32.2 Å². The Morgan fingerprint density at radius 2 is 1.90 bits per heavy atom. The van der Waals surface area contributed by atoms with E-state index in [0.717, 1.165) is 41.4 Å².